The lowest BCUT2D eigenvalue weighted by Gasteiger charge is -2.03. The number of nitrogens with zero attached hydrogens (tertiary/aromatic N) is 2. The van der Waals surface area contributed by atoms with Gasteiger partial charge in [-0.3, -0.25) is 0 Å². The fraction of sp³-hybridized carbons (Fsp3) is 0.364. The van der Waals surface area contributed by atoms with Crippen LogP contribution in [-0.4, -0.2) is 9.38 Å². The average molecular weight is 288 g/mol. The second kappa shape index (κ2) is 4.14. The Labute approximate surface area is 102 Å². The number of pyridine rings is 1. The van der Waals surface area contributed by atoms with Crippen molar-refractivity contribution in [3.63, 3.8) is 0 Å². The maximum atomic E-state index is 5.97. The van der Waals surface area contributed by atoms with Gasteiger partial charge in [0.2, 0.25) is 0 Å². The zero-order valence-corrected chi connectivity index (χ0v) is 11.0. The van der Waals surface area contributed by atoms with Crippen molar-refractivity contribution in [3.8, 4) is 0 Å². The molecule has 0 atom stereocenters. The molecule has 0 amide bonds. The van der Waals surface area contributed by atoms with Crippen LogP contribution in [0.15, 0.2) is 22.9 Å². The van der Waals surface area contributed by atoms with Crippen LogP contribution in [-0.2, 0) is 6.42 Å². The Morgan fingerprint density at radius 1 is 1.47 bits per heavy atom. The number of halogens is 2. The highest BCUT2D eigenvalue weighted by molar-refractivity contribution is 9.10. The van der Waals surface area contributed by atoms with Crippen molar-refractivity contribution in [3.05, 3.63) is 33.8 Å². The Bertz CT molecular complexity index is 491. The Hall–Kier alpha value is -0.540. The molecule has 2 rings (SSSR count). The Kier molecular flexibility index (Phi) is 3.03. The number of rotatable bonds is 2. The molecule has 0 unspecified atom stereocenters. The third-order valence-electron chi connectivity index (χ3n) is 2.22. The molecule has 15 heavy (non-hydrogen) atoms. The third kappa shape index (κ3) is 2.18. The Balaban J connectivity index is 2.59. The van der Waals surface area contributed by atoms with E-state index in [1.165, 1.54) is 0 Å². The van der Waals surface area contributed by atoms with Gasteiger partial charge in [-0.15, -0.1) is 0 Å². The van der Waals surface area contributed by atoms with E-state index in [1.54, 1.807) is 0 Å². The van der Waals surface area contributed by atoms with E-state index in [0.29, 0.717) is 5.92 Å². The molecule has 80 valence electrons. The summed E-state index contributed by atoms with van der Waals surface area (Å²) in [5.41, 5.74) is 1.06. The molecule has 0 saturated heterocycles. The van der Waals surface area contributed by atoms with Gasteiger partial charge < -0.3 is 4.40 Å². The zero-order chi connectivity index (χ0) is 11.0. The summed E-state index contributed by atoms with van der Waals surface area (Å²) in [6.07, 6.45) is 2.86. The smallest absolute Gasteiger partial charge is 0.132 e. The number of hydrogen-bond donors (Lipinski definition) is 0. The molecule has 2 aromatic heterocycles. The van der Waals surface area contributed by atoms with Crippen LogP contribution in [0.2, 0.25) is 5.02 Å². The molecule has 0 aliphatic rings. The lowest BCUT2D eigenvalue weighted by molar-refractivity contribution is 0.619. The molecule has 0 radical (unpaired) electrons. The van der Waals surface area contributed by atoms with Crippen molar-refractivity contribution in [1.29, 1.82) is 0 Å². The predicted octanol–water partition coefficient (Wildman–Crippen LogP) is 3.95. The normalized spacial score (nSPS) is 11.5. The van der Waals surface area contributed by atoms with Crippen molar-refractivity contribution >= 4 is 33.0 Å². The molecule has 0 N–H and O–H groups in total. The van der Waals surface area contributed by atoms with Crippen molar-refractivity contribution in [2.24, 2.45) is 5.92 Å². The lowest BCUT2D eigenvalue weighted by Crippen LogP contribution is -2.00. The largest absolute Gasteiger partial charge is 0.301 e. The maximum absolute atomic E-state index is 5.97. The van der Waals surface area contributed by atoms with E-state index < -0.39 is 0 Å². The molecule has 0 saturated carbocycles. The van der Waals surface area contributed by atoms with Crippen molar-refractivity contribution in [1.82, 2.24) is 9.38 Å². The summed E-state index contributed by atoms with van der Waals surface area (Å²) < 4.78 is 2.93. The van der Waals surface area contributed by atoms with Gasteiger partial charge in [0.05, 0.1) is 10.5 Å². The molecule has 0 aliphatic heterocycles. The topological polar surface area (TPSA) is 17.3 Å². The molecule has 0 aliphatic carbocycles. The van der Waals surface area contributed by atoms with E-state index in [4.69, 9.17) is 11.6 Å². The van der Waals surface area contributed by atoms with Crippen LogP contribution in [0.3, 0.4) is 0 Å². The van der Waals surface area contributed by atoms with Crippen molar-refractivity contribution in [2.75, 3.05) is 0 Å². The van der Waals surface area contributed by atoms with Crippen LogP contribution < -0.4 is 0 Å². The average Bonchev–Trinajstić information content (AvgIpc) is 2.42. The van der Waals surface area contributed by atoms with E-state index in [-0.39, 0.29) is 0 Å². The molecule has 2 nitrogen and oxygen atoms in total. The second-order valence-corrected chi connectivity index (χ2v) is 5.21. The molecule has 0 spiro atoms. The van der Waals surface area contributed by atoms with Crippen LogP contribution in [0.1, 0.15) is 19.7 Å². The molecule has 0 bridgehead atoms. The highest BCUT2D eigenvalue weighted by Crippen LogP contribution is 2.22. The van der Waals surface area contributed by atoms with Gasteiger partial charge >= 0.3 is 0 Å². The SMILES string of the molecule is CC(C)Cc1nc(Br)c2ccc(Cl)cn12. The first-order valence-corrected chi connectivity index (χ1v) is 6.07. The van der Waals surface area contributed by atoms with Gasteiger partial charge in [0.25, 0.3) is 0 Å². The molecule has 4 heteroatoms. The predicted molar refractivity (Wildman–Crippen MR) is 66.4 cm³/mol. The fourth-order valence-electron chi connectivity index (χ4n) is 1.59. The van der Waals surface area contributed by atoms with Gasteiger partial charge in [0, 0.05) is 12.6 Å². The molecule has 2 aromatic rings. The monoisotopic (exact) mass is 286 g/mol. The van der Waals surface area contributed by atoms with Crippen molar-refractivity contribution < 1.29 is 0 Å². The van der Waals surface area contributed by atoms with Crippen LogP contribution in [0.5, 0.6) is 0 Å². The van der Waals surface area contributed by atoms with Gasteiger partial charge in [-0.1, -0.05) is 25.4 Å². The van der Waals surface area contributed by atoms with E-state index in [0.717, 1.165) is 27.4 Å². The van der Waals surface area contributed by atoms with Gasteiger partial charge in [0.1, 0.15) is 10.4 Å². The van der Waals surface area contributed by atoms with E-state index >= 15 is 0 Å². The molecule has 0 aromatic carbocycles. The fourth-order valence-corrected chi connectivity index (χ4v) is 2.28. The third-order valence-corrected chi connectivity index (χ3v) is 3.03. The van der Waals surface area contributed by atoms with Crippen molar-refractivity contribution in [2.45, 2.75) is 20.3 Å². The minimum atomic E-state index is 0.585. The number of aromatic nitrogens is 2. The standard InChI is InChI=1S/C11H12BrClN2/c1-7(2)5-10-14-11(12)9-4-3-8(13)6-15(9)10/h3-4,6-7H,5H2,1-2H3. The number of imidazole rings is 1. The molecule has 0 fully saturated rings. The first-order chi connectivity index (χ1) is 7.08. The van der Waals surface area contributed by atoms with E-state index in [9.17, 15) is 0 Å². The molecular formula is C11H12BrClN2. The zero-order valence-electron chi connectivity index (χ0n) is 8.67. The number of fused-ring (bicyclic) bond motifs is 1. The Morgan fingerprint density at radius 2 is 2.20 bits per heavy atom. The summed E-state index contributed by atoms with van der Waals surface area (Å²) in [6.45, 7) is 4.36. The highest BCUT2D eigenvalue weighted by Gasteiger charge is 2.10. The van der Waals surface area contributed by atoms with Crippen LogP contribution in [0.25, 0.3) is 5.52 Å². The summed E-state index contributed by atoms with van der Waals surface area (Å²) in [6, 6.07) is 3.85. The Morgan fingerprint density at radius 3 is 2.87 bits per heavy atom. The van der Waals surface area contributed by atoms with Gasteiger partial charge in [0.15, 0.2) is 0 Å². The summed E-state index contributed by atoms with van der Waals surface area (Å²) in [7, 11) is 0. The summed E-state index contributed by atoms with van der Waals surface area (Å²) in [4.78, 5) is 4.49. The minimum absolute atomic E-state index is 0.585. The molecular weight excluding hydrogens is 275 g/mol. The van der Waals surface area contributed by atoms with Gasteiger partial charge in [-0.25, -0.2) is 4.98 Å². The summed E-state index contributed by atoms with van der Waals surface area (Å²) >= 11 is 9.43. The first-order valence-electron chi connectivity index (χ1n) is 4.90. The maximum Gasteiger partial charge on any atom is 0.132 e. The van der Waals surface area contributed by atoms with Gasteiger partial charge in [-0.2, -0.15) is 0 Å². The highest BCUT2D eigenvalue weighted by atomic mass is 79.9. The first kappa shape index (κ1) is 11.0. The van der Waals surface area contributed by atoms with Crippen LogP contribution in [0.4, 0.5) is 0 Å². The van der Waals surface area contributed by atoms with Crippen LogP contribution in [0, 0.1) is 5.92 Å². The van der Waals surface area contributed by atoms with E-state index in [2.05, 4.69) is 34.8 Å². The number of hydrogen-bond acceptors (Lipinski definition) is 1. The van der Waals surface area contributed by atoms with Crippen LogP contribution >= 0.6 is 27.5 Å². The second-order valence-electron chi connectivity index (χ2n) is 4.02. The van der Waals surface area contributed by atoms with Gasteiger partial charge in [-0.05, 0) is 34.0 Å². The van der Waals surface area contributed by atoms with E-state index in [1.807, 2.05) is 22.7 Å². The molecule has 2 heterocycles. The summed E-state index contributed by atoms with van der Waals surface area (Å²) in [5.74, 6) is 1.64. The quantitative estimate of drug-likeness (QED) is 0.817. The minimum Gasteiger partial charge on any atom is -0.301 e. The summed E-state index contributed by atoms with van der Waals surface area (Å²) in [5, 5.41) is 0.734. The lowest BCUT2D eigenvalue weighted by atomic mass is 10.1.